The molecule has 0 fully saturated rings. The zero-order chi connectivity index (χ0) is 12.5. The summed E-state index contributed by atoms with van der Waals surface area (Å²) >= 11 is 0. The first kappa shape index (κ1) is 14.1. The van der Waals surface area contributed by atoms with E-state index in [4.69, 9.17) is 0 Å². The molecule has 2 aliphatic rings. The van der Waals surface area contributed by atoms with Crippen molar-refractivity contribution in [2.45, 2.75) is 0 Å². The number of nitrogens with zero attached hydrogens (tertiary/aromatic N) is 4. The van der Waals surface area contributed by atoms with Crippen LogP contribution in [0.3, 0.4) is 0 Å². The molecule has 0 unspecified atom stereocenters. The molecule has 3 rings (SSSR count). The van der Waals surface area contributed by atoms with Crippen LogP contribution in [0.25, 0.3) is 0 Å². The maximum absolute atomic E-state index is 3.42. The van der Waals surface area contributed by atoms with E-state index in [9.17, 15) is 0 Å². The van der Waals surface area contributed by atoms with Crippen molar-refractivity contribution in [2.75, 3.05) is 25.5 Å². The van der Waals surface area contributed by atoms with Gasteiger partial charge in [-0.05, 0) is 32.2 Å². The smallest absolute Gasteiger partial charge is 0.510 e. The van der Waals surface area contributed by atoms with E-state index in [1.165, 1.54) is 0 Å². The maximum Gasteiger partial charge on any atom is 3.00 e. The van der Waals surface area contributed by atoms with Gasteiger partial charge in [-0.3, -0.25) is 4.90 Å². The quantitative estimate of drug-likeness (QED) is 0.521. The Morgan fingerprint density at radius 3 is 2.74 bits per heavy atom. The molecule has 2 heterocycles. The van der Waals surface area contributed by atoms with Crippen LogP contribution >= 0.6 is 0 Å². The average Bonchev–Trinajstić information content (AvgIpc) is 2.98. The topological polar surface area (TPSA) is 12.7 Å². The van der Waals surface area contributed by atoms with E-state index in [2.05, 4.69) is 58.6 Å². The second-order valence-electron chi connectivity index (χ2n) is 4.55. The van der Waals surface area contributed by atoms with Gasteiger partial charge in [-0.1, -0.05) is 0 Å². The van der Waals surface area contributed by atoms with Crippen LogP contribution in [0.4, 0.5) is 11.4 Å². The van der Waals surface area contributed by atoms with Gasteiger partial charge in [0.15, 0.2) is 0 Å². The van der Waals surface area contributed by atoms with Crippen molar-refractivity contribution in [1.82, 2.24) is 9.80 Å². The van der Waals surface area contributed by atoms with Crippen molar-refractivity contribution in [2.24, 2.45) is 0 Å². The summed E-state index contributed by atoms with van der Waals surface area (Å²) in [6.07, 6.45) is 6.19. The monoisotopic (exact) mass is 433 g/mol. The summed E-state index contributed by atoms with van der Waals surface area (Å²) in [5.41, 5.74) is 2.11. The average molecular weight is 433 g/mol. The van der Waals surface area contributed by atoms with E-state index >= 15 is 0 Å². The number of hydrogen-bond donors (Lipinski definition) is 0. The SMILES string of the molecule is CN1C=CN(c2[c-]c([N+]3=CCN(C)[CH-]3)ccc2)[CH-]1.[Ir+3]. The third kappa shape index (κ3) is 3.00. The summed E-state index contributed by atoms with van der Waals surface area (Å²) in [4.78, 5) is 6.21. The van der Waals surface area contributed by atoms with Crippen LogP contribution in [0.5, 0.6) is 0 Å². The number of rotatable bonds is 2. The van der Waals surface area contributed by atoms with Gasteiger partial charge >= 0.3 is 20.1 Å². The Morgan fingerprint density at radius 2 is 2.11 bits per heavy atom. The number of benzene rings is 1. The molecule has 0 spiro atoms. The van der Waals surface area contributed by atoms with Gasteiger partial charge in [0.05, 0.1) is 6.21 Å². The van der Waals surface area contributed by atoms with Gasteiger partial charge < -0.3 is 14.4 Å². The van der Waals surface area contributed by atoms with Crippen LogP contribution in [0, 0.1) is 19.4 Å². The molecule has 2 aliphatic heterocycles. The third-order valence-electron chi connectivity index (χ3n) is 2.98. The standard InChI is InChI=1S/C14H16N4.Ir/c1-15-6-8-17(11-15)13-4-3-5-14(10-13)18-9-7-16(2)12-18;/h3-6,8-9,11-12H,7H2,1-2H3;/q-2;+3. The zero-order valence-electron chi connectivity index (χ0n) is 10.9. The van der Waals surface area contributed by atoms with Gasteiger partial charge in [0.1, 0.15) is 6.67 Å². The van der Waals surface area contributed by atoms with Gasteiger partial charge in [0.2, 0.25) is 0 Å². The first-order chi connectivity index (χ1) is 8.72. The largest absolute Gasteiger partial charge is 3.00 e. The summed E-state index contributed by atoms with van der Waals surface area (Å²) in [5.74, 6) is 0. The number of hydrogen-bond acceptors (Lipinski definition) is 3. The van der Waals surface area contributed by atoms with Crippen molar-refractivity contribution >= 4 is 17.6 Å². The Balaban J connectivity index is 0.00000133. The normalized spacial score (nSPS) is 18.3. The summed E-state index contributed by atoms with van der Waals surface area (Å²) < 4.78 is 2.10. The van der Waals surface area contributed by atoms with E-state index in [1.807, 2.05) is 31.0 Å². The molecule has 0 bridgehead atoms. The Hall–Kier alpha value is -1.29. The predicted molar refractivity (Wildman–Crippen MR) is 71.9 cm³/mol. The zero-order valence-corrected chi connectivity index (χ0v) is 13.3. The molecule has 0 aromatic heterocycles. The number of anilines is 1. The van der Waals surface area contributed by atoms with Crippen molar-refractivity contribution in [3.05, 3.63) is 50.0 Å². The molecule has 0 atom stereocenters. The molecule has 5 heteroatoms. The van der Waals surface area contributed by atoms with Crippen molar-refractivity contribution in [3.8, 4) is 0 Å². The summed E-state index contributed by atoms with van der Waals surface area (Å²) in [6.45, 7) is 5.04. The van der Waals surface area contributed by atoms with Crippen LogP contribution in [0.15, 0.2) is 30.6 Å². The molecule has 0 amide bonds. The molecule has 19 heavy (non-hydrogen) atoms. The van der Waals surface area contributed by atoms with E-state index < -0.39 is 0 Å². The molecule has 0 radical (unpaired) electrons. The first-order valence-corrected chi connectivity index (χ1v) is 5.95. The van der Waals surface area contributed by atoms with E-state index in [-0.39, 0.29) is 20.1 Å². The molecule has 1 aromatic rings. The van der Waals surface area contributed by atoms with Crippen molar-refractivity contribution < 1.29 is 24.7 Å². The van der Waals surface area contributed by atoms with Crippen molar-refractivity contribution in [1.29, 1.82) is 0 Å². The molecule has 4 nitrogen and oxygen atoms in total. The Morgan fingerprint density at radius 1 is 1.26 bits per heavy atom. The van der Waals surface area contributed by atoms with Crippen LogP contribution in [-0.2, 0) is 20.1 Å². The molecule has 0 aliphatic carbocycles. The minimum atomic E-state index is 0. The molecule has 100 valence electrons. The van der Waals surface area contributed by atoms with Crippen LogP contribution < -0.4 is 4.90 Å². The Bertz CT molecular complexity index is 512. The van der Waals surface area contributed by atoms with Gasteiger partial charge in [-0.2, -0.15) is 30.9 Å². The summed E-state index contributed by atoms with van der Waals surface area (Å²) in [5, 5.41) is 0. The summed E-state index contributed by atoms with van der Waals surface area (Å²) in [6, 6.07) is 9.61. The minimum Gasteiger partial charge on any atom is -0.510 e. The van der Waals surface area contributed by atoms with Crippen LogP contribution in [-0.4, -0.2) is 41.2 Å². The molecule has 0 saturated heterocycles. The van der Waals surface area contributed by atoms with Crippen LogP contribution in [0.2, 0.25) is 0 Å². The van der Waals surface area contributed by atoms with Crippen molar-refractivity contribution in [3.63, 3.8) is 0 Å². The second kappa shape index (κ2) is 5.78. The fourth-order valence-electron chi connectivity index (χ4n) is 2.02. The van der Waals surface area contributed by atoms with Gasteiger partial charge in [0.25, 0.3) is 0 Å². The molecule has 0 N–H and O–H groups in total. The fourth-order valence-corrected chi connectivity index (χ4v) is 2.02. The van der Waals surface area contributed by atoms with Gasteiger partial charge in [-0.15, -0.1) is 5.69 Å². The Labute approximate surface area is 128 Å². The first-order valence-electron chi connectivity index (χ1n) is 5.95. The van der Waals surface area contributed by atoms with E-state index in [0.717, 1.165) is 17.9 Å². The maximum atomic E-state index is 3.42. The van der Waals surface area contributed by atoms with Crippen LogP contribution in [0.1, 0.15) is 0 Å². The van der Waals surface area contributed by atoms with E-state index in [0.29, 0.717) is 0 Å². The molecule has 1 aromatic carbocycles. The fraction of sp³-hybridized carbons (Fsp3) is 0.214. The minimum absolute atomic E-state index is 0. The Kier molecular flexibility index (Phi) is 4.30. The molecular formula is C14H16IrN4+. The molecular weight excluding hydrogens is 416 g/mol. The second-order valence-corrected chi connectivity index (χ2v) is 4.55. The third-order valence-corrected chi connectivity index (χ3v) is 2.98. The molecule has 0 saturated carbocycles. The van der Waals surface area contributed by atoms with Gasteiger partial charge in [-0.25, -0.2) is 0 Å². The predicted octanol–water partition coefficient (Wildman–Crippen LogP) is 1.61. The summed E-state index contributed by atoms with van der Waals surface area (Å²) in [7, 11) is 4.07. The van der Waals surface area contributed by atoms with Gasteiger partial charge in [0, 0.05) is 6.54 Å². The van der Waals surface area contributed by atoms with E-state index in [1.54, 1.807) is 0 Å².